The van der Waals surface area contributed by atoms with Gasteiger partial charge in [0.2, 0.25) is 5.91 Å². The first kappa shape index (κ1) is 19.6. The van der Waals surface area contributed by atoms with E-state index in [4.69, 9.17) is 5.11 Å². The number of likely N-dealkylation sites (tertiary alicyclic amines) is 1. The van der Waals surface area contributed by atoms with E-state index in [0.29, 0.717) is 13.0 Å². The summed E-state index contributed by atoms with van der Waals surface area (Å²) in [5.74, 6) is -0.745. The van der Waals surface area contributed by atoms with E-state index in [1.807, 2.05) is 41.3 Å². The zero-order chi connectivity index (χ0) is 19.9. The molecule has 0 bridgehead atoms. The molecule has 2 aromatic rings. The van der Waals surface area contributed by atoms with Crippen molar-refractivity contribution in [2.24, 2.45) is 0 Å². The number of carbonyl (C=O) groups excluding carboxylic acids is 1. The van der Waals surface area contributed by atoms with E-state index in [9.17, 15) is 9.59 Å². The Morgan fingerprint density at radius 3 is 2.50 bits per heavy atom. The Labute approximate surface area is 165 Å². The first-order valence-corrected chi connectivity index (χ1v) is 9.57. The highest BCUT2D eigenvalue weighted by Crippen LogP contribution is 2.21. The molecule has 0 aliphatic carbocycles. The van der Waals surface area contributed by atoms with E-state index in [1.54, 1.807) is 12.1 Å². The molecule has 1 amide bonds. The average Bonchev–Trinajstić information content (AvgIpc) is 3.06. The predicted molar refractivity (Wildman–Crippen MR) is 111 cm³/mol. The smallest absolute Gasteiger partial charge is 0.335 e. The van der Waals surface area contributed by atoms with Crippen molar-refractivity contribution in [3.8, 4) is 0 Å². The zero-order valence-electron chi connectivity index (χ0n) is 16.0. The van der Waals surface area contributed by atoms with Crippen LogP contribution in [0.3, 0.4) is 0 Å². The molecule has 1 aliphatic rings. The monoisotopic (exact) mass is 375 g/mol. The van der Waals surface area contributed by atoms with Crippen molar-refractivity contribution in [3.63, 3.8) is 0 Å². The van der Waals surface area contributed by atoms with Gasteiger partial charge in [0.05, 0.1) is 11.6 Å². The summed E-state index contributed by atoms with van der Waals surface area (Å²) < 4.78 is 0. The number of hydrogen-bond donors (Lipinski definition) is 1. The standard InChI is InChI=1S/C24H25NO3/c1-18(20-7-3-2-4-8-20)6-5-9-22-14-15-23(26)25(22)17-16-19-10-12-21(13-11-19)24(27)28/h2-13,22H,14-17H2,1H3,(H,27,28). The average molecular weight is 375 g/mol. The van der Waals surface area contributed by atoms with Gasteiger partial charge in [-0.3, -0.25) is 4.79 Å². The van der Waals surface area contributed by atoms with Gasteiger partial charge in [-0.15, -0.1) is 0 Å². The van der Waals surface area contributed by atoms with E-state index < -0.39 is 5.97 Å². The van der Waals surface area contributed by atoms with Gasteiger partial charge in [0.25, 0.3) is 0 Å². The van der Waals surface area contributed by atoms with E-state index in [1.165, 1.54) is 11.1 Å². The summed E-state index contributed by atoms with van der Waals surface area (Å²) in [6, 6.07) is 17.2. The van der Waals surface area contributed by atoms with Crippen LogP contribution in [0.5, 0.6) is 0 Å². The number of carboxylic acids is 1. The fraction of sp³-hybridized carbons (Fsp3) is 0.250. The maximum Gasteiger partial charge on any atom is 0.335 e. The highest BCUT2D eigenvalue weighted by Gasteiger charge is 2.28. The highest BCUT2D eigenvalue weighted by molar-refractivity contribution is 5.87. The van der Waals surface area contributed by atoms with Gasteiger partial charge in [-0.2, -0.15) is 0 Å². The molecule has 2 aromatic carbocycles. The Morgan fingerprint density at radius 1 is 1.11 bits per heavy atom. The Balaban J connectivity index is 1.60. The van der Waals surface area contributed by atoms with Crippen LogP contribution in [0.4, 0.5) is 0 Å². The molecule has 1 fully saturated rings. The number of carbonyl (C=O) groups is 2. The second kappa shape index (κ2) is 9.18. The maximum atomic E-state index is 12.3. The zero-order valence-corrected chi connectivity index (χ0v) is 16.0. The molecule has 1 atom stereocenters. The lowest BCUT2D eigenvalue weighted by atomic mass is 10.1. The highest BCUT2D eigenvalue weighted by atomic mass is 16.4. The quantitative estimate of drug-likeness (QED) is 0.721. The summed E-state index contributed by atoms with van der Waals surface area (Å²) in [5.41, 5.74) is 3.69. The summed E-state index contributed by atoms with van der Waals surface area (Å²) in [4.78, 5) is 25.1. The summed E-state index contributed by atoms with van der Waals surface area (Å²) >= 11 is 0. The van der Waals surface area contributed by atoms with Crippen LogP contribution in [0, 0.1) is 0 Å². The number of carboxylic acid groups (broad SMARTS) is 1. The molecular formula is C24H25NO3. The van der Waals surface area contributed by atoms with Crippen LogP contribution >= 0.6 is 0 Å². The van der Waals surface area contributed by atoms with Gasteiger partial charge in [-0.1, -0.05) is 60.7 Å². The van der Waals surface area contributed by atoms with Crippen LogP contribution in [0.2, 0.25) is 0 Å². The predicted octanol–water partition coefficient (Wildman–Crippen LogP) is 4.58. The van der Waals surface area contributed by atoms with Gasteiger partial charge < -0.3 is 10.0 Å². The van der Waals surface area contributed by atoms with Gasteiger partial charge in [-0.05, 0) is 48.6 Å². The largest absolute Gasteiger partial charge is 0.478 e. The molecule has 3 rings (SSSR count). The number of benzene rings is 2. The number of amides is 1. The lowest BCUT2D eigenvalue weighted by Gasteiger charge is -2.22. The Kier molecular flexibility index (Phi) is 6.43. The molecule has 1 saturated heterocycles. The molecule has 4 heteroatoms. The van der Waals surface area contributed by atoms with E-state index in [0.717, 1.165) is 18.4 Å². The molecule has 1 N–H and O–H groups in total. The minimum absolute atomic E-state index is 0.116. The molecule has 144 valence electrons. The molecule has 1 unspecified atom stereocenters. The van der Waals surface area contributed by atoms with Crippen LogP contribution in [-0.4, -0.2) is 34.5 Å². The number of rotatable bonds is 7. The molecule has 4 nitrogen and oxygen atoms in total. The molecule has 1 heterocycles. The number of nitrogens with zero attached hydrogens (tertiary/aromatic N) is 1. The fourth-order valence-electron chi connectivity index (χ4n) is 3.44. The lowest BCUT2D eigenvalue weighted by Crippen LogP contribution is -2.33. The van der Waals surface area contributed by atoms with Crippen molar-refractivity contribution in [2.75, 3.05) is 6.54 Å². The fourth-order valence-corrected chi connectivity index (χ4v) is 3.44. The normalized spacial score (nSPS) is 17.5. The van der Waals surface area contributed by atoms with Crippen LogP contribution in [0.25, 0.3) is 5.57 Å². The Hall–Kier alpha value is -3.14. The number of allylic oxidation sites excluding steroid dienone is 3. The number of hydrogen-bond acceptors (Lipinski definition) is 2. The molecule has 0 radical (unpaired) electrons. The third-order valence-electron chi connectivity index (χ3n) is 5.13. The molecular weight excluding hydrogens is 350 g/mol. The first-order valence-electron chi connectivity index (χ1n) is 9.57. The van der Waals surface area contributed by atoms with Crippen LogP contribution in [-0.2, 0) is 11.2 Å². The molecule has 0 spiro atoms. The molecule has 1 aliphatic heterocycles. The van der Waals surface area contributed by atoms with Gasteiger partial charge >= 0.3 is 5.97 Å². The second-order valence-electron chi connectivity index (χ2n) is 7.05. The van der Waals surface area contributed by atoms with Crippen LogP contribution in [0.1, 0.15) is 41.3 Å². The van der Waals surface area contributed by atoms with E-state index >= 15 is 0 Å². The SMILES string of the molecule is CC(=CC=CC1CCC(=O)N1CCc1ccc(C(=O)O)cc1)c1ccccc1. The first-order chi connectivity index (χ1) is 13.5. The molecule has 0 saturated carbocycles. The number of aromatic carboxylic acids is 1. The van der Waals surface area contributed by atoms with E-state index in [-0.39, 0.29) is 17.5 Å². The molecule has 28 heavy (non-hydrogen) atoms. The summed E-state index contributed by atoms with van der Waals surface area (Å²) in [5, 5.41) is 8.98. The summed E-state index contributed by atoms with van der Waals surface area (Å²) in [6.07, 6.45) is 8.36. The van der Waals surface area contributed by atoms with Gasteiger partial charge in [0.15, 0.2) is 0 Å². The van der Waals surface area contributed by atoms with Crippen molar-refractivity contribution in [2.45, 2.75) is 32.2 Å². The van der Waals surface area contributed by atoms with Crippen molar-refractivity contribution in [1.82, 2.24) is 4.90 Å². The van der Waals surface area contributed by atoms with E-state index in [2.05, 4.69) is 31.2 Å². The van der Waals surface area contributed by atoms with Crippen LogP contribution in [0.15, 0.2) is 72.8 Å². The van der Waals surface area contributed by atoms with Crippen molar-refractivity contribution >= 4 is 17.4 Å². The van der Waals surface area contributed by atoms with Gasteiger partial charge in [-0.25, -0.2) is 4.79 Å². The van der Waals surface area contributed by atoms with Crippen molar-refractivity contribution in [3.05, 3.63) is 89.5 Å². The maximum absolute atomic E-state index is 12.3. The van der Waals surface area contributed by atoms with Gasteiger partial charge in [0.1, 0.15) is 0 Å². The summed E-state index contributed by atoms with van der Waals surface area (Å²) in [6.45, 7) is 2.72. The Morgan fingerprint density at radius 2 is 1.82 bits per heavy atom. The lowest BCUT2D eigenvalue weighted by molar-refractivity contribution is -0.128. The minimum atomic E-state index is -0.926. The van der Waals surface area contributed by atoms with Gasteiger partial charge in [0, 0.05) is 13.0 Å². The summed E-state index contributed by atoms with van der Waals surface area (Å²) in [7, 11) is 0. The third-order valence-corrected chi connectivity index (χ3v) is 5.13. The third kappa shape index (κ3) is 4.97. The second-order valence-corrected chi connectivity index (χ2v) is 7.05. The molecule has 0 aromatic heterocycles. The van der Waals surface area contributed by atoms with Crippen LogP contribution < -0.4 is 0 Å². The topological polar surface area (TPSA) is 57.6 Å². The van der Waals surface area contributed by atoms with Crippen molar-refractivity contribution < 1.29 is 14.7 Å². The van der Waals surface area contributed by atoms with Crippen molar-refractivity contribution in [1.29, 1.82) is 0 Å². The minimum Gasteiger partial charge on any atom is -0.478 e. The Bertz CT molecular complexity index is 882.